The van der Waals surface area contributed by atoms with Crippen molar-refractivity contribution in [3.8, 4) is 0 Å². The molecule has 0 bridgehead atoms. The first kappa shape index (κ1) is 15.7. The van der Waals surface area contributed by atoms with Gasteiger partial charge in [0.25, 0.3) is 0 Å². The van der Waals surface area contributed by atoms with Gasteiger partial charge in [-0.1, -0.05) is 0 Å². The van der Waals surface area contributed by atoms with Crippen molar-refractivity contribution in [1.82, 2.24) is 0 Å². The molecule has 3 radical (unpaired) electrons. The first-order chi connectivity index (χ1) is 2.00. The molecule has 39 valence electrons. The minimum absolute atomic E-state index is 0. The number of hydrogen-bond acceptors (Lipinski definition) is 2. The van der Waals surface area contributed by atoms with Crippen LogP contribution in [0.1, 0.15) is 0 Å². The number of hydrogen-bond donors (Lipinski definition) is 2. The molecule has 0 rings (SSSR count). The summed E-state index contributed by atoms with van der Waals surface area (Å²) in [5.41, 5.74) is 0. The maximum atomic E-state index is 8.74. The Morgan fingerprint density at radius 2 is 1.14 bits per heavy atom. The molecule has 0 saturated carbocycles. The van der Waals surface area contributed by atoms with E-state index in [-0.39, 0.29) is 37.0 Å². The quantitative estimate of drug-likeness (QED) is 0.326. The Kier molecular flexibility index (Phi) is 11.2. The normalized spacial score (nSPS) is 8.29. The van der Waals surface area contributed by atoms with Crippen molar-refractivity contribution in [1.29, 1.82) is 0 Å². The molecule has 0 aliphatic rings. The van der Waals surface area contributed by atoms with E-state index in [0.29, 0.717) is 0 Å². The third-order valence-electron chi connectivity index (χ3n) is 0. The fourth-order valence-electron chi connectivity index (χ4n) is 0. The summed E-state index contributed by atoms with van der Waals surface area (Å²) >= 11 is 0. The van der Waals surface area contributed by atoms with Gasteiger partial charge in [-0.15, -0.1) is 0 Å². The predicted molar refractivity (Wildman–Crippen MR) is 25.6 cm³/mol. The van der Waals surface area contributed by atoms with Crippen molar-refractivity contribution in [3.63, 3.8) is 0 Å². The molecule has 0 aromatic heterocycles. The molecule has 0 atom stereocenters. The van der Waals surface area contributed by atoms with Crippen LogP contribution in [0.4, 0.5) is 0 Å². The fourth-order valence-corrected chi connectivity index (χ4v) is 0. The molecule has 0 unspecified atom stereocenters. The van der Waals surface area contributed by atoms with Gasteiger partial charge in [-0.2, -0.15) is 8.42 Å². The predicted octanol–water partition coefficient (Wildman–Crippen LogP) is -1.10. The molecule has 7 heavy (non-hydrogen) atoms. The van der Waals surface area contributed by atoms with E-state index in [1.807, 2.05) is 0 Å². The van der Waals surface area contributed by atoms with Gasteiger partial charge in [0, 0.05) is 0 Å². The molecule has 0 fully saturated rings. The summed E-state index contributed by atoms with van der Waals surface area (Å²) in [6, 6.07) is 0. The summed E-state index contributed by atoms with van der Waals surface area (Å²) in [6.45, 7) is 0. The van der Waals surface area contributed by atoms with Crippen LogP contribution in [-0.2, 0) is 10.4 Å². The molecule has 0 aliphatic carbocycles. The third-order valence-corrected chi connectivity index (χ3v) is 0. The molecule has 4 nitrogen and oxygen atoms in total. The van der Waals surface area contributed by atoms with Crippen LogP contribution >= 0.6 is 0 Å². The topological polar surface area (TPSA) is 74.6 Å². The second-order valence-corrected chi connectivity index (χ2v) is 1.34. The molecule has 0 aliphatic heterocycles. The van der Waals surface area contributed by atoms with E-state index < -0.39 is 10.4 Å². The maximum absolute atomic E-state index is 8.74. The molecule has 2 N–H and O–H groups in total. The Bertz CT molecular complexity index is 94.9. The van der Waals surface area contributed by atoms with Gasteiger partial charge in [0.2, 0.25) is 0 Å². The van der Waals surface area contributed by atoms with Gasteiger partial charge in [-0.3, -0.25) is 9.11 Å². The van der Waals surface area contributed by atoms with Crippen molar-refractivity contribution in [2.75, 3.05) is 0 Å². The SMILES string of the molecule is O=S(=O)(O)O.[CH].[NaH]. The van der Waals surface area contributed by atoms with Crippen molar-refractivity contribution >= 4 is 40.0 Å². The van der Waals surface area contributed by atoms with E-state index in [9.17, 15) is 0 Å². The van der Waals surface area contributed by atoms with Crippen LogP contribution in [0.15, 0.2) is 0 Å². The Morgan fingerprint density at radius 1 is 1.14 bits per heavy atom. The molecule has 0 saturated heterocycles. The molecule has 0 heterocycles. The second-order valence-electron chi connectivity index (χ2n) is 0.448. The van der Waals surface area contributed by atoms with Crippen molar-refractivity contribution in [2.45, 2.75) is 0 Å². The minimum atomic E-state index is -4.67. The van der Waals surface area contributed by atoms with Crippen molar-refractivity contribution in [3.05, 3.63) is 7.43 Å². The molecule has 0 aromatic rings. The van der Waals surface area contributed by atoms with Gasteiger partial charge in [0.05, 0.1) is 0 Å². The van der Waals surface area contributed by atoms with Crippen LogP contribution < -0.4 is 0 Å². The molecule has 0 spiro atoms. The zero-order valence-corrected chi connectivity index (χ0v) is 3.51. The number of rotatable bonds is 0. The summed E-state index contributed by atoms with van der Waals surface area (Å²) in [5, 5.41) is 0. The summed E-state index contributed by atoms with van der Waals surface area (Å²) in [6.07, 6.45) is 0. The molecular weight excluding hydrogens is 131 g/mol. The average molecular weight is 135 g/mol. The molecule has 6 heteroatoms. The van der Waals surface area contributed by atoms with E-state index in [2.05, 4.69) is 0 Å². The van der Waals surface area contributed by atoms with Crippen molar-refractivity contribution < 1.29 is 17.5 Å². The van der Waals surface area contributed by atoms with Crippen LogP contribution in [0.5, 0.6) is 0 Å². The summed E-state index contributed by atoms with van der Waals surface area (Å²) in [5.74, 6) is 0. The average Bonchev–Trinajstić information content (AvgIpc) is 0.722. The molecular formula is CH4NaO4S. The van der Waals surface area contributed by atoms with E-state index >= 15 is 0 Å². The Balaban J connectivity index is -0.0000000800. The van der Waals surface area contributed by atoms with Crippen LogP contribution in [-0.4, -0.2) is 47.1 Å². The first-order valence-electron chi connectivity index (χ1n) is 0.698. The third kappa shape index (κ3) is 215. The summed E-state index contributed by atoms with van der Waals surface area (Å²) in [7, 11) is -4.67. The second kappa shape index (κ2) is 5.02. The fraction of sp³-hybridized carbons (Fsp3) is 0. The Morgan fingerprint density at radius 3 is 1.14 bits per heavy atom. The van der Waals surface area contributed by atoms with E-state index in [1.54, 1.807) is 0 Å². The van der Waals surface area contributed by atoms with Gasteiger partial charge in [0.1, 0.15) is 0 Å². The Hall–Kier alpha value is 0.870. The van der Waals surface area contributed by atoms with E-state index in [4.69, 9.17) is 17.5 Å². The molecule has 0 amide bonds. The van der Waals surface area contributed by atoms with Crippen LogP contribution in [0.2, 0.25) is 0 Å². The zero-order chi connectivity index (χ0) is 4.50. The van der Waals surface area contributed by atoms with Gasteiger partial charge in [-0.05, 0) is 7.43 Å². The summed E-state index contributed by atoms with van der Waals surface area (Å²) in [4.78, 5) is 0. The molecule has 0 aromatic carbocycles. The Labute approximate surface area is 64.8 Å². The van der Waals surface area contributed by atoms with Crippen LogP contribution in [0.25, 0.3) is 0 Å². The van der Waals surface area contributed by atoms with Crippen molar-refractivity contribution in [2.24, 2.45) is 0 Å². The van der Waals surface area contributed by atoms with Gasteiger partial charge >= 0.3 is 40.0 Å². The van der Waals surface area contributed by atoms with Crippen LogP contribution in [0, 0.1) is 7.43 Å². The van der Waals surface area contributed by atoms with E-state index in [0.717, 1.165) is 0 Å². The standard InChI is InChI=1S/CH.Na.H2O4S.H/c;;1-5(2,3)4;/h1H;;(H2,1,2,3,4);. The van der Waals surface area contributed by atoms with Crippen LogP contribution in [0.3, 0.4) is 0 Å². The van der Waals surface area contributed by atoms with E-state index in [1.165, 1.54) is 0 Å². The monoisotopic (exact) mass is 135 g/mol. The van der Waals surface area contributed by atoms with Gasteiger partial charge in [-0.25, -0.2) is 0 Å². The zero-order valence-electron chi connectivity index (χ0n) is 2.70. The first-order valence-corrected chi connectivity index (χ1v) is 2.10. The van der Waals surface area contributed by atoms with Gasteiger partial charge in [0.15, 0.2) is 0 Å². The summed E-state index contributed by atoms with van der Waals surface area (Å²) < 4.78 is 31.6. The van der Waals surface area contributed by atoms with Gasteiger partial charge < -0.3 is 0 Å².